The number of carbonyl (C=O) groups is 1. The first-order valence-electron chi connectivity index (χ1n) is 16.8. The summed E-state index contributed by atoms with van der Waals surface area (Å²) in [6.45, 7) is 5.82. The molecule has 0 saturated carbocycles. The van der Waals surface area contributed by atoms with Gasteiger partial charge in [-0.25, -0.2) is 0 Å². The molecule has 0 spiro atoms. The minimum Gasteiger partial charge on any atom is -0.493 e. The molecule has 0 fully saturated rings. The number of unbranched alkanes of at least 4 members (excludes halogenated alkanes) is 15. The molecular formula is C34H62NO6P. The van der Waals surface area contributed by atoms with Crippen molar-refractivity contribution in [2.45, 2.75) is 136 Å². The number of para-hydroxylation sites is 1. The Bertz CT molecular complexity index is 765. The zero-order chi connectivity index (χ0) is 30.7. The van der Waals surface area contributed by atoms with Gasteiger partial charge in [0.2, 0.25) is 0 Å². The molecule has 0 saturated heterocycles. The van der Waals surface area contributed by atoms with E-state index in [0.29, 0.717) is 26.2 Å². The average Bonchev–Trinajstić information content (AvgIpc) is 2.98. The zero-order valence-electron chi connectivity index (χ0n) is 27.3. The zero-order valence-corrected chi connectivity index (χ0v) is 28.2. The fourth-order valence-corrected chi connectivity index (χ4v) is 5.39. The average molecular weight is 612 g/mol. The highest BCUT2D eigenvalue weighted by molar-refractivity contribution is 7.40. The van der Waals surface area contributed by atoms with E-state index < -0.39 is 14.7 Å². The maximum atomic E-state index is 12.0. The van der Waals surface area contributed by atoms with Gasteiger partial charge in [0.05, 0.1) is 19.8 Å². The van der Waals surface area contributed by atoms with Crippen LogP contribution in [0.3, 0.4) is 0 Å². The molecule has 0 radical (unpaired) electrons. The maximum Gasteiger partial charge on any atom is 0.330 e. The van der Waals surface area contributed by atoms with Gasteiger partial charge in [0.25, 0.3) is 0 Å². The van der Waals surface area contributed by atoms with E-state index in [9.17, 15) is 9.69 Å². The Morgan fingerprint density at radius 1 is 0.786 bits per heavy atom. The van der Waals surface area contributed by atoms with Crippen LogP contribution in [0.15, 0.2) is 24.3 Å². The summed E-state index contributed by atoms with van der Waals surface area (Å²) in [6.07, 6.45) is 21.7. The molecule has 7 nitrogen and oxygen atoms in total. The summed E-state index contributed by atoms with van der Waals surface area (Å²) in [5.74, 6) is 0.510. The van der Waals surface area contributed by atoms with Crippen molar-refractivity contribution >= 4 is 14.6 Å². The number of ether oxygens (including phenoxy) is 2. The normalized spacial score (nSPS) is 12.9. The number of carbonyl (C=O) groups excluding carboxylic acids is 1. The predicted octanol–water partition coefficient (Wildman–Crippen LogP) is 9.01. The molecule has 0 bridgehead atoms. The molecule has 0 aliphatic carbocycles. The van der Waals surface area contributed by atoms with Crippen LogP contribution in [0, 0.1) is 0 Å². The van der Waals surface area contributed by atoms with Gasteiger partial charge in [0, 0.05) is 19.4 Å². The lowest BCUT2D eigenvalue weighted by Gasteiger charge is -2.21. The third-order valence-corrected chi connectivity index (χ3v) is 8.15. The van der Waals surface area contributed by atoms with Crippen LogP contribution >= 0.6 is 8.60 Å². The quantitative estimate of drug-likeness (QED) is 0.0550. The fraction of sp³-hybridized carbons (Fsp3) is 0.794. The standard InChI is InChI=1S/C34H62NO6P/c1-5-7-8-9-10-11-12-13-14-15-16-17-18-19-20-23-27-38-33-25-22-21-24-31(33)29-32(41-34(36)6-2)30-40-42(37)39-28-26-35(3)4/h21-22,24-25,32,37H,5-20,23,26-30H2,1-4H3. The van der Waals surface area contributed by atoms with Gasteiger partial charge in [0.1, 0.15) is 11.9 Å². The van der Waals surface area contributed by atoms with Crippen LogP contribution in [0.1, 0.15) is 129 Å². The van der Waals surface area contributed by atoms with Crippen LogP contribution in [0.5, 0.6) is 5.75 Å². The number of esters is 1. The van der Waals surface area contributed by atoms with Crippen LogP contribution in [0.4, 0.5) is 0 Å². The number of likely N-dealkylation sites (N-methyl/N-ethyl adjacent to an activating group) is 1. The molecular weight excluding hydrogens is 549 g/mol. The first kappa shape index (κ1) is 38.8. The smallest absolute Gasteiger partial charge is 0.330 e. The first-order chi connectivity index (χ1) is 20.5. The van der Waals surface area contributed by atoms with Crippen molar-refractivity contribution in [1.82, 2.24) is 4.90 Å². The summed E-state index contributed by atoms with van der Waals surface area (Å²) in [6, 6.07) is 7.87. The van der Waals surface area contributed by atoms with Crippen molar-refractivity contribution in [2.75, 3.05) is 40.5 Å². The lowest BCUT2D eigenvalue weighted by atomic mass is 10.0. The second-order valence-electron chi connectivity index (χ2n) is 11.6. The minimum atomic E-state index is -2.03. The molecule has 1 rings (SSSR count). The molecule has 0 aromatic heterocycles. The van der Waals surface area contributed by atoms with E-state index in [4.69, 9.17) is 18.5 Å². The van der Waals surface area contributed by atoms with Crippen LogP contribution in [0.25, 0.3) is 0 Å². The van der Waals surface area contributed by atoms with Gasteiger partial charge in [-0.3, -0.25) is 4.79 Å². The predicted molar refractivity (Wildman–Crippen MR) is 175 cm³/mol. The van der Waals surface area contributed by atoms with E-state index >= 15 is 0 Å². The van der Waals surface area contributed by atoms with Crippen molar-refractivity contribution < 1.29 is 28.2 Å². The minimum absolute atomic E-state index is 0.0589. The molecule has 1 N–H and O–H groups in total. The second kappa shape index (κ2) is 27.3. The lowest BCUT2D eigenvalue weighted by Crippen LogP contribution is -2.25. The number of hydrogen-bond acceptors (Lipinski definition) is 7. The Kier molecular flexibility index (Phi) is 25.2. The third-order valence-electron chi connectivity index (χ3n) is 7.37. The van der Waals surface area contributed by atoms with Crippen molar-refractivity contribution in [3.05, 3.63) is 29.8 Å². The lowest BCUT2D eigenvalue weighted by molar-refractivity contribution is -0.150. The summed E-state index contributed by atoms with van der Waals surface area (Å²) in [4.78, 5) is 24.1. The SMILES string of the molecule is CCCCCCCCCCCCCCCCCCOc1ccccc1CC(COP(O)OCCN(C)C)OC(=O)CC. The molecule has 42 heavy (non-hydrogen) atoms. The topological polar surface area (TPSA) is 77.5 Å². The molecule has 0 aliphatic heterocycles. The second-order valence-corrected chi connectivity index (χ2v) is 12.6. The summed E-state index contributed by atoms with van der Waals surface area (Å²) >= 11 is 0. The van der Waals surface area contributed by atoms with Gasteiger partial charge in [-0.2, -0.15) is 0 Å². The van der Waals surface area contributed by atoms with Crippen LogP contribution in [-0.2, 0) is 25.0 Å². The van der Waals surface area contributed by atoms with Crippen molar-refractivity contribution in [3.63, 3.8) is 0 Å². The summed E-state index contributed by atoms with van der Waals surface area (Å²) in [5, 5.41) is 0. The number of nitrogens with zero attached hydrogens (tertiary/aromatic N) is 1. The van der Waals surface area contributed by atoms with Crippen LogP contribution in [-0.4, -0.2) is 62.3 Å². The molecule has 1 aromatic rings. The molecule has 2 atom stereocenters. The summed E-state index contributed by atoms with van der Waals surface area (Å²) in [5.41, 5.74) is 0.960. The highest BCUT2D eigenvalue weighted by Crippen LogP contribution is 2.33. The third kappa shape index (κ3) is 22.3. The Labute approximate surface area is 259 Å². The highest BCUT2D eigenvalue weighted by Gasteiger charge is 2.20. The monoisotopic (exact) mass is 611 g/mol. The van der Waals surface area contributed by atoms with E-state index in [1.165, 1.54) is 96.3 Å². The Balaban J connectivity index is 2.24. The maximum absolute atomic E-state index is 12.0. The number of benzene rings is 1. The van der Waals surface area contributed by atoms with Crippen molar-refractivity contribution in [2.24, 2.45) is 0 Å². The molecule has 1 aromatic carbocycles. The molecule has 0 heterocycles. The Morgan fingerprint density at radius 2 is 1.33 bits per heavy atom. The molecule has 2 unspecified atom stereocenters. The van der Waals surface area contributed by atoms with Crippen molar-refractivity contribution in [1.29, 1.82) is 0 Å². The van der Waals surface area contributed by atoms with E-state index in [-0.39, 0.29) is 19.0 Å². The van der Waals surface area contributed by atoms with Gasteiger partial charge in [-0.05, 0) is 32.1 Å². The molecule has 244 valence electrons. The van der Waals surface area contributed by atoms with Gasteiger partial charge < -0.3 is 28.3 Å². The highest BCUT2D eigenvalue weighted by atomic mass is 31.2. The van der Waals surface area contributed by atoms with Crippen LogP contribution in [0.2, 0.25) is 0 Å². The molecule has 0 aliphatic rings. The van der Waals surface area contributed by atoms with Crippen molar-refractivity contribution in [3.8, 4) is 5.75 Å². The Morgan fingerprint density at radius 3 is 1.88 bits per heavy atom. The molecule has 8 heteroatoms. The van der Waals surface area contributed by atoms with Gasteiger partial charge >= 0.3 is 14.6 Å². The van der Waals surface area contributed by atoms with E-state index in [1.54, 1.807) is 6.92 Å². The van der Waals surface area contributed by atoms with Crippen LogP contribution < -0.4 is 4.74 Å². The van der Waals surface area contributed by atoms with Gasteiger partial charge in [0.15, 0.2) is 0 Å². The van der Waals surface area contributed by atoms with E-state index in [1.807, 2.05) is 43.3 Å². The fourth-order valence-electron chi connectivity index (χ4n) is 4.78. The summed E-state index contributed by atoms with van der Waals surface area (Å²) in [7, 11) is 1.84. The largest absolute Gasteiger partial charge is 0.493 e. The molecule has 0 amide bonds. The van der Waals surface area contributed by atoms with Gasteiger partial charge in [-0.15, -0.1) is 0 Å². The first-order valence-corrected chi connectivity index (χ1v) is 17.9. The number of rotatable bonds is 29. The van der Waals surface area contributed by atoms with E-state index in [0.717, 1.165) is 17.7 Å². The van der Waals surface area contributed by atoms with Gasteiger partial charge in [-0.1, -0.05) is 128 Å². The number of hydrogen-bond donors (Lipinski definition) is 1. The summed E-state index contributed by atoms with van der Waals surface area (Å²) < 4.78 is 22.6. The van der Waals surface area contributed by atoms with E-state index in [2.05, 4.69) is 6.92 Å². The Hall–Kier alpha value is -1.24.